The first kappa shape index (κ1) is 19.6. The van der Waals surface area contributed by atoms with E-state index in [2.05, 4.69) is 6.07 Å². The zero-order valence-electron chi connectivity index (χ0n) is 16.6. The Hall–Kier alpha value is -2.73. The van der Waals surface area contributed by atoms with E-state index in [1.807, 2.05) is 12.1 Å². The molecule has 2 aromatic carbocycles. The number of anilines is 2. The summed E-state index contributed by atoms with van der Waals surface area (Å²) in [6.07, 6.45) is 4.26. The molecule has 2 aromatic rings. The molecule has 5 N–H and O–H groups in total. The molecule has 2 aliphatic rings. The first-order valence-electron chi connectivity index (χ1n) is 10.2. The Morgan fingerprint density at radius 1 is 1.14 bits per heavy atom. The van der Waals surface area contributed by atoms with Crippen LogP contribution in [0.3, 0.4) is 0 Å². The number of methoxy groups -OCH3 is 1. The van der Waals surface area contributed by atoms with Gasteiger partial charge in [0.2, 0.25) is 0 Å². The number of fused-ring (bicyclic) bond motifs is 1. The van der Waals surface area contributed by atoms with Crippen molar-refractivity contribution in [3.05, 3.63) is 53.1 Å². The molecule has 4 unspecified atom stereocenters. The summed E-state index contributed by atoms with van der Waals surface area (Å²) in [7, 11) is 1.34. The summed E-state index contributed by atoms with van der Waals surface area (Å²) in [4.78, 5) is 11.8. The Balaban J connectivity index is 1.65. The number of ether oxygens (including phenoxy) is 2. The van der Waals surface area contributed by atoms with Crippen LogP contribution in [0.4, 0.5) is 11.4 Å². The van der Waals surface area contributed by atoms with Gasteiger partial charge in [0, 0.05) is 11.6 Å². The summed E-state index contributed by atoms with van der Waals surface area (Å²) in [6.45, 7) is 0. The quantitative estimate of drug-likeness (QED) is 0.539. The molecule has 4 atom stereocenters. The highest BCUT2D eigenvalue weighted by atomic mass is 16.5. The molecular weight excluding hydrogens is 368 g/mol. The van der Waals surface area contributed by atoms with Crippen LogP contribution in [0.25, 0.3) is 0 Å². The van der Waals surface area contributed by atoms with Crippen LogP contribution < -0.4 is 16.2 Å². The monoisotopic (exact) mass is 396 g/mol. The zero-order chi connectivity index (χ0) is 20.5. The lowest BCUT2D eigenvalue weighted by Crippen LogP contribution is -2.29. The summed E-state index contributed by atoms with van der Waals surface area (Å²) in [5.41, 5.74) is 16.1. The maximum absolute atomic E-state index is 11.8. The Morgan fingerprint density at radius 3 is 2.69 bits per heavy atom. The summed E-state index contributed by atoms with van der Waals surface area (Å²) >= 11 is 0. The smallest absolute Gasteiger partial charge is 0.337 e. The number of rotatable bonds is 4. The van der Waals surface area contributed by atoms with Gasteiger partial charge in [-0.3, -0.25) is 0 Å². The topological polar surface area (TPSA) is 108 Å². The van der Waals surface area contributed by atoms with E-state index in [1.165, 1.54) is 12.7 Å². The molecule has 2 aliphatic carbocycles. The van der Waals surface area contributed by atoms with Gasteiger partial charge in [-0.2, -0.15) is 0 Å². The third-order valence-electron chi connectivity index (χ3n) is 6.30. The van der Waals surface area contributed by atoms with Crippen molar-refractivity contribution >= 4 is 17.3 Å². The van der Waals surface area contributed by atoms with E-state index in [0.29, 0.717) is 28.6 Å². The maximum atomic E-state index is 11.8. The Kier molecular flexibility index (Phi) is 5.37. The predicted octanol–water partition coefficient (Wildman–Crippen LogP) is 3.48. The number of nitrogen functional groups attached to an aromatic ring is 2. The largest absolute Gasteiger partial charge is 0.483 e. The molecule has 0 aromatic heterocycles. The Morgan fingerprint density at radius 2 is 1.97 bits per heavy atom. The van der Waals surface area contributed by atoms with E-state index in [0.717, 1.165) is 37.7 Å². The molecule has 0 aliphatic heterocycles. The standard InChI is InChI=1S/C23H28N2O4/c1-28-23(27)15-6-8-21(20(25)11-15)29-22-18(13-3-2-4-17(26)9-13)10-14-5-7-16(24)12-19(14)22/h5-8,11-13,17-18,22,26H,2-4,9-10,24-25H2,1H3. The average Bonchev–Trinajstić information content (AvgIpc) is 3.06. The highest BCUT2D eigenvalue weighted by Gasteiger charge is 2.41. The number of benzene rings is 2. The normalized spacial score (nSPS) is 26.0. The summed E-state index contributed by atoms with van der Waals surface area (Å²) in [5.74, 6) is 0.741. The molecule has 0 amide bonds. The van der Waals surface area contributed by atoms with E-state index in [1.54, 1.807) is 18.2 Å². The van der Waals surface area contributed by atoms with Crippen molar-refractivity contribution in [3.63, 3.8) is 0 Å². The highest BCUT2D eigenvalue weighted by Crippen LogP contribution is 2.48. The number of hydrogen-bond donors (Lipinski definition) is 3. The molecule has 29 heavy (non-hydrogen) atoms. The minimum Gasteiger partial charge on any atom is -0.483 e. The number of carbonyl (C=O) groups is 1. The number of aliphatic hydroxyl groups is 1. The Bertz CT molecular complexity index is 914. The fourth-order valence-corrected chi connectivity index (χ4v) is 4.85. The van der Waals surface area contributed by atoms with Gasteiger partial charge in [0.25, 0.3) is 0 Å². The second kappa shape index (κ2) is 7.95. The van der Waals surface area contributed by atoms with Crippen molar-refractivity contribution < 1.29 is 19.4 Å². The number of esters is 1. The number of nitrogens with two attached hydrogens (primary N) is 2. The fraction of sp³-hybridized carbons (Fsp3) is 0.435. The van der Waals surface area contributed by atoms with Crippen molar-refractivity contribution in [2.75, 3.05) is 18.6 Å². The number of carbonyl (C=O) groups excluding carboxylic acids is 1. The van der Waals surface area contributed by atoms with E-state index < -0.39 is 5.97 Å². The van der Waals surface area contributed by atoms with Crippen LogP contribution in [0.15, 0.2) is 36.4 Å². The van der Waals surface area contributed by atoms with Gasteiger partial charge >= 0.3 is 5.97 Å². The molecule has 6 nitrogen and oxygen atoms in total. The zero-order valence-corrected chi connectivity index (χ0v) is 16.6. The molecular formula is C23H28N2O4. The molecule has 154 valence electrons. The SMILES string of the molecule is COC(=O)c1ccc(OC2c3cc(N)ccc3CC2C2CCCC(O)C2)c(N)c1. The van der Waals surface area contributed by atoms with Crippen LogP contribution >= 0.6 is 0 Å². The van der Waals surface area contributed by atoms with Crippen LogP contribution in [0.2, 0.25) is 0 Å². The molecule has 0 radical (unpaired) electrons. The number of aliphatic hydroxyl groups excluding tert-OH is 1. The van der Waals surface area contributed by atoms with Crippen LogP contribution in [-0.4, -0.2) is 24.3 Å². The summed E-state index contributed by atoms with van der Waals surface area (Å²) < 4.78 is 11.2. The first-order valence-corrected chi connectivity index (χ1v) is 10.2. The minimum absolute atomic E-state index is 0.185. The third-order valence-corrected chi connectivity index (χ3v) is 6.30. The van der Waals surface area contributed by atoms with Gasteiger partial charge in [-0.25, -0.2) is 4.79 Å². The van der Waals surface area contributed by atoms with Crippen LogP contribution in [0.5, 0.6) is 5.75 Å². The molecule has 4 rings (SSSR count). The second-order valence-electron chi connectivity index (χ2n) is 8.19. The van der Waals surface area contributed by atoms with Crippen LogP contribution in [0, 0.1) is 11.8 Å². The second-order valence-corrected chi connectivity index (χ2v) is 8.19. The molecule has 1 fully saturated rings. The van der Waals surface area contributed by atoms with Crippen molar-refractivity contribution in [2.45, 2.75) is 44.3 Å². The lowest BCUT2D eigenvalue weighted by Gasteiger charge is -2.34. The molecule has 0 spiro atoms. The Labute approximate surface area is 170 Å². The molecule has 0 bridgehead atoms. The van der Waals surface area contributed by atoms with Crippen molar-refractivity contribution in [2.24, 2.45) is 11.8 Å². The van der Waals surface area contributed by atoms with Crippen molar-refractivity contribution in [1.29, 1.82) is 0 Å². The van der Waals surface area contributed by atoms with Gasteiger partial charge < -0.3 is 26.0 Å². The molecule has 0 saturated heterocycles. The fourth-order valence-electron chi connectivity index (χ4n) is 4.85. The molecule has 1 saturated carbocycles. The average molecular weight is 396 g/mol. The van der Waals surface area contributed by atoms with E-state index in [9.17, 15) is 9.90 Å². The molecule has 6 heteroatoms. The van der Waals surface area contributed by atoms with Gasteiger partial charge in [0.05, 0.1) is 24.5 Å². The molecule has 0 heterocycles. The minimum atomic E-state index is -0.434. The van der Waals surface area contributed by atoms with Gasteiger partial charge in [0.15, 0.2) is 0 Å². The van der Waals surface area contributed by atoms with Crippen LogP contribution in [-0.2, 0) is 11.2 Å². The first-order chi connectivity index (χ1) is 14.0. The van der Waals surface area contributed by atoms with Crippen molar-refractivity contribution in [3.8, 4) is 5.75 Å². The van der Waals surface area contributed by atoms with E-state index in [-0.39, 0.29) is 18.1 Å². The lowest BCUT2D eigenvalue weighted by molar-refractivity contribution is 0.0411. The third kappa shape index (κ3) is 3.90. The maximum Gasteiger partial charge on any atom is 0.337 e. The van der Waals surface area contributed by atoms with Gasteiger partial charge in [-0.1, -0.05) is 12.5 Å². The van der Waals surface area contributed by atoms with Crippen molar-refractivity contribution in [1.82, 2.24) is 0 Å². The van der Waals surface area contributed by atoms with Gasteiger partial charge in [-0.15, -0.1) is 0 Å². The summed E-state index contributed by atoms with van der Waals surface area (Å²) in [6, 6.07) is 10.9. The predicted molar refractivity (Wildman–Crippen MR) is 112 cm³/mol. The van der Waals surface area contributed by atoms with E-state index >= 15 is 0 Å². The van der Waals surface area contributed by atoms with E-state index in [4.69, 9.17) is 20.9 Å². The lowest BCUT2D eigenvalue weighted by atomic mass is 9.76. The summed E-state index contributed by atoms with van der Waals surface area (Å²) in [5, 5.41) is 10.2. The highest BCUT2D eigenvalue weighted by molar-refractivity contribution is 5.90. The van der Waals surface area contributed by atoms with Crippen LogP contribution in [0.1, 0.15) is 53.3 Å². The van der Waals surface area contributed by atoms with Gasteiger partial charge in [-0.05, 0) is 73.1 Å². The number of hydrogen-bond acceptors (Lipinski definition) is 6. The van der Waals surface area contributed by atoms with Gasteiger partial charge in [0.1, 0.15) is 11.9 Å².